The lowest BCUT2D eigenvalue weighted by atomic mass is 10.1. The molecule has 0 aliphatic heterocycles. The Morgan fingerprint density at radius 3 is 2.44 bits per heavy atom. The molecule has 0 bridgehead atoms. The molecule has 2 N–H and O–H groups in total. The van der Waals surface area contributed by atoms with Gasteiger partial charge in [0.15, 0.2) is 0 Å². The number of hydrogen-bond acceptors (Lipinski definition) is 4. The van der Waals surface area contributed by atoms with Crippen molar-refractivity contribution in [3.05, 3.63) is 0 Å². The first-order chi connectivity index (χ1) is 8.52. The second-order valence-electron chi connectivity index (χ2n) is 3.90. The van der Waals surface area contributed by atoms with Gasteiger partial charge in [-0.2, -0.15) is 0 Å². The molecule has 0 rings (SSSR count). The third-order valence-electron chi connectivity index (χ3n) is 2.36. The summed E-state index contributed by atoms with van der Waals surface area (Å²) in [6.45, 7) is 6.66. The highest BCUT2D eigenvalue weighted by molar-refractivity contribution is 5.85. The molecule has 18 heavy (non-hydrogen) atoms. The van der Waals surface area contributed by atoms with Crippen LogP contribution in [0, 0.1) is 0 Å². The molecule has 0 heterocycles. The summed E-state index contributed by atoms with van der Waals surface area (Å²) in [4.78, 5) is 22.5. The van der Waals surface area contributed by atoms with Gasteiger partial charge in [-0.05, 0) is 20.3 Å². The van der Waals surface area contributed by atoms with E-state index in [1.807, 2.05) is 13.8 Å². The van der Waals surface area contributed by atoms with Crippen LogP contribution in [-0.4, -0.2) is 48.9 Å². The Hall–Kier alpha value is -1.14. The van der Waals surface area contributed by atoms with Crippen molar-refractivity contribution in [3.8, 4) is 0 Å². The smallest absolute Gasteiger partial charge is 0.326 e. The predicted octanol–water partition coefficient (Wildman–Crippen LogP) is 0.798. The first kappa shape index (κ1) is 16.9. The molecular weight excluding hydrogens is 238 g/mol. The zero-order chi connectivity index (χ0) is 14.0. The van der Waals surface area contributed by atoms with Crippen LogP contribution >= 0.6 is 0 Å². The molecule has 0 aromatic heterocycles. The van der Waals surface area contributed by atoms with Gasteiger partial charge in [-0.25, -0.2) is 4.79 Å². The van der Waals surface area contributed by atoms with E-state index in [0.29, 0.717) is 32.7 Å². The van der Waals surface area contributed by atoms with Crippen LogP contribution in [0.3, 0.4) is 0 Å². The number of carbonyl (C=O) groups is 2. The van der Waals surface area contributed by atoms with Gasteiger partial charge in [0.2, 0.25) is 5.91 Å². The van der Waals surface area contributed by atoms with E-state index in [2.05, 4.69) is 5.32 Å². The fourth-order valence-electron chi connectivity index (χ4n) is 1.34. The lowest BCUT2D eigenvalue weighted by molar-refractivity contribution is -0.144. The average Bonchev–Trinajstić information content (AvgIpc) is 2.33. The maximum atomic E-state index is 11.7. The van der Waals surface area contributed by atoms with E-state index < -0.39 is 24.0 Å². The van der Waals surface area contributed by atoms with Crippen LogP contribution < -0.4 is 5.32 Å². The van der Waals surface area contributed by atoms with E-state index in [-0.39, 0.29) is 0 Å². The Morgan fingerprint density at radius 1 is 1.28 bits per heavy atom. The monoisotopic (exact) mass is 261 g/mol. The van der Waals surface area contributed by atoms with E-state index >= 15 is 0 Å². The average molecular weight is 261 g/mol. The second kappa shape index (κ2) is 9.85. The van der Waals surface area contributed by atoms with Crippen LogP contribution in [-0.2, 0) is 19.1 Å². The summed E-state index contributed by atoms with van der Waals surface area (Å²) in [5.74, 6) is -1.43. The van der Waals surface area contributed by atoms with Gasteiger partial charge in [-0.3, -0.25) is 4.79 Å². The topological polar surface area (TPSA) is 84.9 Å². The second-order valence-corrected chi connectivity index (χ2v) is 3.90. The molecule has 0 saturated carbocycles. The highest BCUT2D eigenvalue weighted by Gasteiger charge is 2.22. The van der Waals surface area contributed by atoms with Crippen molar-refractivity contribution in [2.75, 3.05) is 19.8 Å². The molecule has 0 aromatic carbocycles. The number of rotatable bonds is 10. The lowest BCUT2D eigenvalue weighted by Crippen LogP contribution is -2.45. The summed E-state index contributed by atoms with van der Waals surface area (Å²) < 4.78 is 10.3. The molecule has 0 saturated heterocycles. The molecule has 0 fully saturated rings. The van der Waals surface area contributed by atoms with Crippen molar-refractivity contribution < 1.29 is 24.2 Å². The lowest BCUT2D eigenvalue weighted by Gasteiger charge is -2.17. The molecule has 0 aromatic rings. The van der Waals surface area contributed by atoms with E-state index in [1.165, 1.54) is 0 Å². The number of nitrogens with one attached hydrogen (secondary N) is 1. The van der Waals surface area contributed by atoms with E-state index in [9.17, 15) is 9.59 Å². The molecule has 0 radical (unpaired) electrons. The summed E-state index contributed by atoms with van der Waals surface area (Å²) in [5, 5.41) is 11.4. The summed E-state index contributed by atoms with van der Waals surface area (Å²) in [6, 6.07) is -0.847. The van der Waals surface area contributed by atoms with Crippen LogP contribution in [0.1, 0.15) is 33.6 Å². The predicted molar refractivity (Wildman–Crippen MR) is 66.4 cm³/mol. The van der Waals surface area contributed by atoms with Crippen molar-refractivity contribution in [2.24, 2.45) is 0 Å². The van der Waals surface area contributed by atoms with Crippen molar-refractivity contribution >= 4 is 11.9 Å². The standard InChI is InChI=1S/C12H23NO5/c1-4-6-10(12(15)16)13-11(14)9(3)18-8-7-17-5-2/h9-10H,4-8H2,1-3H3,(H,13,14)(H,15,16). The molecule has 2 unspecified atom stereocenters. The summed E-state index contributed by atoms with van der Waals surface area (Å²) in [5.41, 5.74) is 0. The summed E-state index contributed by atoms with van der Waals surface area (Å²) >= 11 is 0. The van der Waals surface area contributed by atoms with Crippen LogP contribution in [0.5, 0.6) is 0 Å². The molecule has 0 aliphatic carbocycles. The SMILES string of the molecule is CCCC(NC(=O)C(C)OCCOCC)C(=O)O. The molecule has 0 spiro atoms. The van der Waals surface area contributed by atoms with Gasteiger partial charge in [0, 0.05) is 6.61 Å². The molecular formula is C12H23NO5. The minimum absolute atomic E-state index is 0.313. The van der Waals surface area contributed by atoms with Crippen molar-refractivity contribution in [2.45, 2.75) is 45.8 Å². The van der Waals surface area contributed by atoms with Crippen LogP contribution in [0.25, 0.3) is 0 Å². The largest absolute Gasteiger partial charge is 0.480 e. The third kappa shape index (κ3) is 7.24. The van der Waals surface area contributed by atoms with Gasteiger partial charge < -0.3 is 19.9 Å². The molecule has 106 valence electrons. The Balaban J connectivity index is 4.00. The van der Waals surface area contributed by atoms with Crippen molar-refractivity contribution in [3.63, 3.8) is 0 Å². The number of amides is 1. The maximum absolute atomic E-state index is 11.7. The van der Waals surface area contributed by atoms with Crippen LogP contribution in [0.4, 0.5) is 0 Å². The number of ether oxygens (including phenoxy) is 2. The van der Waals surface area contributed by atoms with Gasteiger partial charge in [-0.15, -0.1) is 0 Å². The maximum Gasteiger partial charge on any atom is 0.326 e. The highest BCUT2D eigenvalue weighted by atomic mass is 16.5. The molecule has 1 amide bonds. The van der Waals surface area contributed by atoms with Gasteiger partial charge >= 0.3 is 5.97 Å². The van der Waals surface area contributed by atoms with Crippen molar-refractivity contribution in [1.82, 2.24) is 5.32 Å². The van der Waals surface area contributed by atoms with Gasteiger partial charge in [0.25, 0.3) is 0 Å². The number of carboxylic acid groups (broad SMARTS) is 1. The Kier molecular flexibility index (Phi) is 9.22. The molecule has 6 heteroatoms. The summed E-state index contributed by atoms with van der Waals surface area (Å²) in [7, 11) is 0. The first-order valence-corrected chi connectivity index (χ1v) is 6.25. The highest BCUT2D eigenvalue weighted by Crippen LogP contribution is 1.99. The Morgan fingerprint density at radius 2 is 1.94 bits per heavy atom. The first-order valence-electron chi connectivity index (χ1n) is 6.25. The van der Waals surface area contributed by atoms with E-state index in [4.69, 9.17) is 14.6 Å². The van der Waals surface area contributed by atoms with Crippen LogP contribution in [0.15, 0.2) is 0 Å². The van der Waals surface area contributed by atoms with Gasteiger partial charge in [-0.1, -0.05) is 13.3 Å². The fraction of sp³-hybridized carbons (Fsp3) is 0.833. The minimum Gasteiger partial charge on any atom is -0.480 e. The number of hydrogen-bond donors (Lipinski definition) is 2. The van der Waals surface area contributed by atoms with Crippen LogP contribution in [0.2, 0.25) is 0 Å². The summed E-state index contributed by atoms with van der Waals surface area (Å²) in [6.07, 6.45) is 0.424. The van der Waals surface area contributed by atoms with Gasteiger partial charge in [0.05, 0.1) is 13.2 Å². The van der Waals surface area contributed by atoms with E-state index in [0.717, 1.165) is 0 Å². The zero-order valence-corrected chi connectivity index (χ0v) is 11.3. The third-order valence-corrected chi connectivity index (χ3v) is 2.36. The van der Waals surface area contributed by atoms with Crippen molar-refractivity contribution in [1.29, 1.82) is 0 Å². The normalized spacial score (nSPS) is 13.9. The molecule has 6 nitrogen and oxygen atoms in total. The minimum atomic E-state index is -1.02. The number of carbonyl (C=O) groups excluding carboxylic acids is 1. The van der Waals surface area contributed by atoms with Gasteiger partial charge in [0.1, 0.15) is 12.1 Å². The number of carboxylic acids is 1. The molecule has 2 atom stereocenters. The Labute approximate surface area is 108 Å². The fourth-order valence-corrected chi connectivity index (χ4v) is 1.34. The zero-order valence-electron chi connectivity index (χ0n) is 11.3. The number of aliphatic carboxylic acids is 1. The molecule has 0 aliphatic rings. The van der Waals surface area contributed by atoms with E-state index in [1.54, 1.807) is 6.92 Å². The quantitative estimate of drug-likeness (QED) is 0.568. The Bertz CT molecular complexity index is 257.